The van der Waals surface area contributed by atoms with Crippen LogP contribution in [-0.4, -0.2) is 40.4 Å². The van der Waals surface area contributed by atoms with Gasteiger partial charge in [-0.3, -0.25) is 0 Å². The standard InChI is InChI=1S/C18H22FNO3/c1-17(2,3)23-16(21)20-12-10-18(22,11-13-20)9-8-14-4-6-15(19)7-5-14/h4-7,22H,10-13H2,1-3H3. The van der Waals surface area contributed by atoms with E-state index < -0.39 is 11.2 Å². The van der Waals surface area contributed by atoms with E-state index in [0.29, 0.717) is 31.5 Å². The quantitative estimate of drug-likeness (QED) is 0.748. The predicted octanol–water partition coefficient (Wildman–Crippen LogP) is 2.94. The number of ether oxygens (including phenoxy) is 1. The smallest absolute Gasteiger partial charge is 0.410 e. The zero-order chi connectivity index (χ0) is 17.1. The van der Waals surface area contributed by atoms with Gasteiger partial charge in [0, 0.05) is 31.5 Å². The summed E-state index contributed by atoms with van der Waals surface area (Å²) in [6.45, 7) is 6.24. The van der Waals surface area contributed by atoms with E-state index in [-0.39, 0.29) is 11.9 Å². The number of carbonyl (C=O) groups excluding carboxylic acids is 1. The van der Waals surface area contributed by atoms with Crippen LogP contribution >= 0.6 is 0 Å². The van der Waals surface area contributed by atoms with Crippen LogP contribution < -0.4 is 0 Å². The highest BCUT2D eigenvalue weighted by Gasteiger charge is 2.34. The Morgan fingerprint density at radius 1 is 1.26 bits per heavy atom. The zero-order valence-corrected chi connectivity index (χ0v) is 13.7. The minimum absolute atomic E-state index is 0.320. The molecule has 2 rings (SSSR count). The summed E-state index contributed by atoms with van der Waals surface area (Å²) in [5.41, 5.74) is -1.02. The second-order valence-corrected chi connectivity index (χ2v) is 6.76. The lowest BCUT2D eigenvalue weighted by Crippen LogP contribution is -2.47. The molecule has 0 atom stereocenters. The van der Waals surface area contributed by atoms with Gasteiger partial charge < -0.3 is 14.7 Å². The normalized spacial score (nSPS) is 17.2. The molecule has 4 nitrogen and oxygen atoms in total. The first-order valence-electron chi connectivity index (χ1n) is 7.66. The van der Waals surface area contributed by atoms with E-state index >= 15 is 0 Å². The first-order valence-corrected chi connectivity index (χ1v) is 7.66. The number of hydrogen-bond donors (Lipinski definition) is 1. The molecule has 124 valence electrons. The highest BCUT2D eigenvalue weighted by Crippen LogP contribution is 2.23. The van der Waals surface area contributed by atoms with Crippen LogP contribution in [0.1, 0.15) is 39.2 Å². The minimum Gasteiger partial charge on any atom is -0.444 e. The average molecular weight is 319 g/mol. The van der Waals surface area contributed by atoms with Gasteiger partial charge in [0.25, 0.3) is 0 Å². The maximum atomic E-state index is 12.8. The zero-order valence-electron chi connectivity index (χ0n) is 13.7. The van der Waals surface area contributed by atoms with Crippen LogP contribution in [0.3, 0.4) is 0 Å². The van der Waals surface area contributed by atoms with Crippen LogP contribution in [0.2, 0.25) is 0 Å². The van der Waals surface area contributed by atoms with Gasteiger partial charge >= 0.3 is 6.09 Å². The monoisotopic (exact) mass is 319 g/mol. The van der Waals surface area contributed by atoms with Crippen molar-refractivity contribution in [1.82, 2.24) is 4.90 Å². The Hall–Kier alpha value is -2.06. The van der Waals surface area contributed by atoms with Gasteiger partial charge in [-0.2, -0.15) is 0 Å². The van der Waals surface area contributed by atoms with Crippen LogP contribution in [0.15, 0.2) is 24.3 Å². The van der Waals surface area contributed by atoms with Crippen molar-refractivity contribution < 1.29 is 19.0 Å². The molecule has 1 heterocycles. The lowest BCUT2D eigenvalue weighted by Gasteiger charge is -2.35. The molecule has 1 aromatic carbocycles. The fourth-order valence-electron chi connectivity index (χ4n) is 2.23. The number of halogens is 1. The highest BCUT2D eigenvalue weighted by molar-refractivity contribution is 5.68. The third kappa shape index (κ3) is 5.26. The van der Waals surface area contributed by atoms with Gasteiger partial charge in [0.2, 0.25) is 0 Å². The fraction of sp³-hybridized carbons (Fsp3) is 0.500. The Kier molecular flexibility index (Phi) is 4.96. The number of benzene rings is 1. The van der Waals surface area contributed by atoms with Crippen molar-refractivity contribution in [1.29, 1.82) is 0 Å². The third-order valence-corrected chi connectivity index (χ3v) is 3.53. The Bertz CT molecular complexity index is 614. The van der Waals surface area contributed by atoms with Crippen LogP contribution in [0.4, 0.5) is 9.18 Å². The first-order chi connectivity index (χ1) is 10.7. The van der Waals surface area contributed by atoms with Crippen molar-refractivity contribution in [2.24, 2.45) is 0 Å². The number of hydrogen-bond acceptors (Lipinski definition) is 3. The summed E-state index contributed by atoms with van der Waals surface area (Å²) in [6.07, 6.45) is 0.354. The van der Waals surface area contributed by atoms with Crippen molar-refractivity contribution in [2.45, 2.75) is 44.8 Å². The van der Waals surface area contributed by atoms with E-state index in [1.165, 1.54) is 12.1 Å². The van der Waals surface area contributed by atoms with E-state index in [0.717, 1.165) is 0 Å². The molecule has 0 aromatic heterocycles. The Balaban J connectivity index is 1.95. The van der Waals surface area contributed by atoms with Crippen LogP contribution in [0, 0.1) is 17.7 Å². The molecule has 1 amide bonds. The van der Waals surface area contributed by atoms with Crippen molar-refractivity contribution in [3.05, 3.63) is 35.6 Å². The maximum absolute atomic E-state index is 12.8. The van der Waals surface area contributed by atoms with Crippen LogP contribution in [0.25, 0.3) is 0 Å². The van der Waals surface area contributed by atoms with Gasteiger partial charge in [0.05, 0.1) is 0 Å². The van der Waals surface area contributed by atoms with Crippen molar-refractivity contribution in [3.63, 3.8) is 0 Å². The summed E-state index contributed by atoms with van der Waals surface area (Å²) >= 11 is 0. The number of rotatable bonds is 0. The van der Waals surface area contributed by atoms with Crippen LogP contribution in [0.5, 0.6) is 0 Å². The number of nitrogens with zero attached hydrogens (tertiary/aromatic N) is 1. The average Bonchev–Trinajstić information content (AvgIpc) is 2.46. The maximum Gasteiger partial charge on any atom is 0.410 e. The second-order valence-electron chi connectivity index (χ2n) is 6.76. The van der Waals surface area contributed by atoms with Crippen LogP contribution in [-0.2, 0) is 4.74 Å². The minimum atomic E-state index is -1.13. The molecule has 0 radical (unpaired) electrons. The molecular formula is C18H22FNO3. The summed E-state index contributed by atoms with van der Waals surface area (Å²) in [5, 5.41) is 10.5. The first kappa shape index (κ1) is 17.3. The Labute approximate surface area is 136 Å². The number of amides is 1. The molecule has 5 heteroatoms. The van der Waals surface area contributed by atoms with Crippen molar-refractivity contribution in [3.8, 4) is 11.8 Å². The van der Waals surface area contributed by atoms with E-state index in [4.69, 9.17) is 4.74 Å². The summed E-state index contributed by atoms with van der Waals surface area (Å²) in [5.74, 6) is 5.39. The molecule has 1 aromatic rings. The number of piperidine rings is 1. The summed E-state index contributed by atoms with van der Waals surface area (Å²) < 4.78 is 18.2. The summed E-state index contributed by atoms with van der Waals surface area (Å²) in [4.78, 5) is 13.6. The Morgan fingerprint density at radius 2 is 1.83 bits per heavy atom. The number of carbonyl (C=O) groups is 1. The number of likely N-dealkylation sites (tertiary alicyclic amines) is 1. The Morgan fingerprint density at radius 3 is 2.35 bits per heavy atom. The lowest BCUT2D eigenvalue weighted by molar-refractivity contribution is -0.00513. The van der Waals surface area contributed by atoms with Crippen molar-refractivity contribution in [2.75, 3.05) is 13.1 Å². The van der Waals surface area contributed by atoms with Gasteiger partial charge in [-0.05, 0) is 45.0 Å². The molecule has 0 unspecified atom stereocenters. The number of aliphatic hydroxyl groups is 1. The van der Waals surface area contributed by atoms with E-state index in [1.54, 1.807) is 17.0 Å². The van der Waals surface area contributed by atoms with E-state index in [1.807, 2.05) is 20.8 Å². The molecule has 1 fully saturated rings. The SMILES string of the molecule is CC(C)(C)OC(=O)N1CCC(O)(C#Cc2ccc(F)cc2)CC1. The molecule has 1 saturated heterocycles. The predicted molar refractivity (Wildman–Crippen MR) is 85.3 cm³/mol. The third-order valence-electron chi connectivity index (χ3n) is 3.53. The fourth-order valence-corrected chi connectivity index (χ4v) is 2.23. The largest absolute Gasteiger partial charge is 0.444 e. The second kappa shape index (κ2) is 6.59. The van der Waals surface area contributed by atoms with E-state index in [2.05, 4.69) is 11.8 Å². The molecule has 1 N–H and O–H groups in total. The molecule has 0 saturated carbocycles. The molecule has 1 aliphatic heterocycles. The molecule has 23 heavy (non-hydrogen) atoms. The summed E-state index contributed by atoms with van der Waals surface area (Å²) in [6, 6.07) is 5.81. The molecule has 0 spiro atoms. The molecule has 1 aliphatic rings. The van der Waals surface area contributed by atoms with Gasteiger partial charge in [0.15, 0.2) is 0 Å². The molecular weight excluding hydrogens is 297 g/mol. The van der Waals surface area contributed by atoms with Gasteiger partial charge in [0.1, 0.15) is 17.0 Å². The lowest BCUT2D eigenvalue weighted by atomic mass is 9.92. The molecule has 0 bridgehead atoms. The summed E-state index contributed by atoms with van der Waals surface area (Å²) in [7, 11) is 0. The highest BCUT2D eigenvalue weighted by atomic mass is 19.1. The van der Waals surface area contributed by atoms with E-state index in [9.17, 15) is 14.3 Å². The van der Waals surface area contributed by atoms with Gasteiger partial charge in [-0.15, -0.1) is 0 Å². The van der Waals surface area contributed by atoms with Gasteiger partial charge in [-0.25, -0.2) is 9.18 Å². The van der Waals surface area contributed by atoms with Crippen molar-refractivity contribution >= 4 is 6.09 Å². The van der Waals surface area contributed by atoms with Gasteiger partial charge in [-0.1, -0.05) is 11.8 Å². The topological polar surface area (TPSA) is 49.8 Å². The molecule has 0 aliphatic carbocycles.